The van der Waals surface area contributed by atoms with Crippen LogP contribution in [0.3, 0.4) is 0 Å². The van der Waals surface area contributed by atoms with E-state index in [-0.39, 0.29) is 29.1 Å². The predicted molar refractivity (Wildman–Crippen MR) is 73.7 cm³/mol. The Balaban J connectivity index is 3.36. The SMILES string of the molecule is C=CCN(CC)S(=O)(=O)c1cc(C)c(F)c(CN)c1. The molecule has 0 saturated heterocycles. The van der Waals surface area contributed by atoms with Crippen LogP contribution in [0.2, 0.25) is 0 Å². The Morgan fingerprint density at radius 1 is 1.47 bits per heavy atom. The molecule has 0 aromatic heterocycles. The smallest absolute Gasteiger partial charge is 0.243 e. The molecule has 1 rings (SSSR count). The van der Waals surface area contributed by atoms with Gasteiger partial charge < -0.3 is 5.73 Å². The maximum Gasteiger partial charge on any atom is 0.243 e. The van der Waals surface area contributed by atoms with Crippen LogP contribution in [-0.4, -0.2) is 25.8 Å². The minimum Gasteiger partial charge on any atom is -0.326 e. The zero-order valence-corrected chi connectivity index (χ0v) is 12.0. The van der Waals surface area contributed by atoms with Crippen LogP contribution in [0.1, 0.15) is 18.1 Å². The van der Waals surface area contributed by atoms with Gasteiger partial charge in [0.1, 0.15) is 5.82 Å². The zero-order chi connectivity index (χ0) is 14.6. The van der Waals surface area contributed by atoms with Crippen molar-refractivity contribution in [1.82, 2.24) is 4.31 Å². The molecule has 1 aromatic carbocycles. The van der Waals surface area contributed by atoms with Gasteiger partial charge in [-0.3, -0.25) is 0 Å². The molecule has 4 nitrogen and oxygen atoms in total. The number of sulfonamides is 1. The molecule has 0 saturated carbocycles. The summed E-state index contributed by atoms with van der Waals surface area (Å²) in [4.78, 5) is 0.0653. The van der Waals surface area contributed by atoms with Crippen LogP contribution in [0.4, 0.5) is 4.39 Å². The van der Waals surface area contributed by atoms with Gasteiger partial charge in [0, 0.05) is 25.2 Å². The molecule has 0 heterocycles. The predicted octanol–water partition coefficient (Wildman–Crippen LogP) is 1.79. The van der Waals surface area contributed by atoms with Crippen molar-refractivity contribution >= 4 is 10.0 Å². The molecular formula is C13H19FN2O2S. The van der Waals surface area contributed by atoms with Gasteiger partial charge in [0.05, 0.1) is 4.90 Å². The van der Waals surface area contributed by atoms with Gasteiger partial charge >= 0.3 is 0 Å². The van der Waals surface area contributed by atoms with Gasteiger partial charge in [-0.1, -0.05) is 13.0 Å². The summed E-state index contributed by atoms with van der Waals surface area (Å²) < 4.78 is 39.8. The van der Waals surface area contributed by atoms with Gasteiger partial charge in [-0.25, -0.2) is 12.8 Å². The Morgan fingerprint density at radius 3 is 2.58 bits per heavy atom. The Morgan fingerprint density at radius 2 is 2.11 bits per heavy atom. The van der Waals surface area contributed by atoms with E-state index >= 15 is 0 Å². The minimum atomic E-state index is -3.65. The van der Waals surface area contributed by atoms with Crippen molar-refractivity contribution in [3.63, 3.8) is 0 Å². The van der Waals surface area contributed by atoms with Crippen LogP contribution in [0.15, 0.2) is 29.7 Å². The first-order valence-electron chi connectivity index (χ1n) is 5.98. The molecule has 0 amide bonds. The average molecular weight is 286 g/mol. The van der Waals surface area contributed by atoms with E-state index in [0.717, 1.165) is 0 Å². The highest BCUT2D eigenvalue weighted by atomic mass is 32.2. The third kappa shape index (κ3) is 3.20. The Hall–Kier alpha value is -1.24. The maximum atomic E-state index is 13.7. The molecule has 19 heavy (non-hydrogen) atoms. The molecule has 106 valence electrons. The lowest BCUT2D eigenvalue weighted by atomic mass is 10.1. The number of nitrogens with two attached hydrogens (primary N) is 1. The Bertz CT molecular complexity index is 570. The summed E-state index contributed by atoms with van der Waals surface area (Å²) in [6, 6.07) is 2.62. The second-order valence-corrected chi connectivity index (χ2v) is 6.10. The maximum absolute atomic E-state index is 13.7. The topological polar surface area (TPSA) is 63.4 Å². The van der Waals surface area contributed by atoms with Crippen LogP contribution in [0.25, 0.3) is 0 Å². The van der Waals surface area contributed by atoms with Gasteiger partial charge in [0.25, 0.3) is 0 Å². The molecular weight excluding hydrogens is 267 g/mol. The summed E-state index contributed by atoms with van der Waals surface area (Å²) in [5.41, 5.74) is 5.91. The highest BCUT2D eigenvalue weighted by Gasteiger charge is 2.23. The number of hydrogen-bond acceptors (Lipinski definition) is 3. The number of halogens is 1. The van der Waals surface area contributed by atoms with Crippen molar-refractivity contribution in [3.05, 3.63) is 41.7 Å². The van der Waals surface area contributed by atoms with E-state index in [1.807, 2.05) is 0 Å². The number of hydrogen-bond donors (Lipinski definition) is 1. The van der Waals surface area contributed by atoms with Crippen molar-refractivity contribution in [2.75, 3.05) is 13.1 Å². The van der Waals surface area contributed by atoms with Crippen LogP contribution >= 0.6 is 0 Å². The van der Waals surface area contributed by atoms with E-state index in [9.17, 15) is 12.8 Å². The fourth-order valence-electron chi connectivity index (χ4n) is 1.79. The van der Waals surface area contributed by atoms with E-state index in [1.54, 1.807) is 6.92 Å². The van der Waals surface area contributed by atoms with Crippen molar-refractivity contribution < 1.29 is 12.8 Å². The number of aryl methyl sites for hydroxylation is 1. The number of benzene rings is 1. The Labute approximate surface area is 113 Å². The summed E-state index contributed by atoms with van der Waals surface area (Å²) >= 11 is 0. The monoisotopic (exact) mass is 286 g/mol. The third-order valence-corrected chi connectivity index (χ3v) is 4.77. The molecule has 0 spiro atoms. The van der Waals surface area contributed by atoms with Crippen molar-refractivity contribution in [2.45, 2.75) is 25.3 Å². The van der Waals surface area contributed by atoms with Crippen molar-refractivity contribution in [2.24, 2.45) is 5.73 Å². The van der Waals surface area contributed by atoms with E-state index < -0.39 is 15.8 Å². The molecule has 0 radical (unpaired) electrons. The second kappa shape index (κ2) is 6.27. The van der Waals surface area contributed by atoms with Gasteiger partial charge in [-0.05, 0) is 24.6 Å². The first-order valence-corrected chi connectivity index (χ1v) is 7.42. The number of rotatable bonds is 6. The number of likely N-dealkylation sites (N-methyl/N-ethyl adjacent to an activating group) is 1. The summed E-state index contributed by atoms with van der Waals surface area (Å²) in [5, 5.41) is 0. The first-order chi connectivity index (χ1) is 8.88. The summed E-state index contributed by atoms with van der Waals surface area (Å²) in [6.07, 6.45) is 1.52. The fourth-order valence-corrected chi connectivity index (χ4v) is 3.35. The average Bonchev–Trinajstić information content (AvgIpc) is 2.38. The normalized spacial score (nSPS) is 11.8. The van der Waals surface area contributed by atoms with E-state index in [2.05, 4.69) is 6.58 Å². The largest absolute Gasteiger partial charge is 0.326 e. The molecule has 0 atom stereocenters. The highest BCUT2D eigenvalue weighted by molar-refractivity contribution is 7.89. The summed E-state index contributed by atoms with van der Waals surface area (Å²) in [6.45, 7) is 7.30. The van der Waals surface area contributed by atoms with Crippen molar-refractivity contribution in [1.29, 1.82) is 0 Å². The van der Waals surface area contributed by atoms with Crippen LogP contribution in [0.5, 0.6) is 0 Å². The molecule has 0 aliphatic heterocycles. The summed E-state index contributed by atoms with van der Waals surface area (Å²) in [7, 11) is -3.65. The lowest BCUT2D eigenvalue weighted by molar-refractivity contribution is 0.459. The standard InChI is InChI=1S/C13H19FN2O2S/c1-4-6-16(5-2)19(17,18)12-7-10(3)13(14)11(8-12)9-15/h4,7-8H,1,5-6,9,15H2,2-3H3. The first kappa shape index (κ1) is 15.8. The Kier molecular flexibility index (Phi) is 5.22. The molecule has 6 heteroatoms. The van der Waals surface area contributed by atoms with E-state index in [1.165, 1.54) is 29.4 Å². The minimum absolute atomic E-state index is 0.0381. The molecule has 0 unspecified atom stereocenters. The molecule has 2 N–H and O–H groups in total. The van der Waals surface area contributed by atoms with Crippen LogP contribution in [-0.2, 0) is 16.6 Å². The summed E-state index contributed by atoms with van der Waals surface area (Å²) in [5.74, 6) is -0.451. The molecule has 0 fully saturated rings. The molecule has 0 aliphatic rings. The van der Waals surface area contributed by atoms with Crippen molar-refractivity contribution in [3.8, 4) is 0 Å². The van der Waals surface area contributed by atoms with Gasteiger partial charge in [-0.2, -0.15) is 4.31 Å². The molecule has 1 aromatic rings. The zero-order valence-electron chi connectivity index (χ0n) is 11.2. The fraction of sp³-hybridized carbons (Fsp3) is 0.385. The third-order valence-electron chi connectivity index (χ3n) is 2.85. The second-order valence-electron chi connectivity index (χ2n) is 4.16. The quantitative estimate of drug-likeness (QED) is 0.811. The molecule has 0 aliphatic carbocycles. The van der Waals surface area contributed by atoms with Gasteiger partial charge in [0.15, 0.2) is 0 Å². The number of nitrogens with zero attached hydrogens (tertiary/aromatic N) is 1. The molecule has 0 bridgehead atoms. The van der Waals surface area contributed by atoms with Crippen LogP contribution in [0, 0.1) is 12.7 Å². The van der Waals surface area contributed by atoms with Gasteiger partial charge in [-0.15, -0.1) is 6.58 Å². The highest BCUT2D eigenvalue weighted by Crippen LogP contribution is 2.22. The van der Waals surface area contributed by atoms with E-state index in [4.69, 9.17) is 5.73 Å². The van der Waals surface area contributed by atoms with E-state index in [0.29, 0.717) is 6.54 Å². The van der Waals surface area contributed by atoms with Crippen LogP contribution < -0.4 is 5.73 Å². The lowest BCUT2D eigenvalue weighted by Crippen LogP contribution is -2.31. The van der Waals surface area contributed by atoms with Gasteiger partial charge in [0.2, 0.25) is 10.0 Å². The lowest BCUT2D eigenvalue weighted by Gasteiger charge is -2.19.